The van der Waals surface area contributed by atoms with Gasteiger partial charge in [-0.3, -0.25) is 4.79 Å². The van der Waals surface area contributed by atoms with Crippen LogP contribution in [0.25, 0.3) is 0 Å². The summed E-state index contributed by atoms with van der Waals surface area (Å²) < 4.78 is 0. The average Bonchev–Trinajstić information content (AvgIpc) is 2.75. The van der Waals surface area contributed by atoms with Crippen molar-refractivity contribution in [3.05, 3.63) is 29.8 Å². The third-order valence-electron chi connectivity index (χ3n) is 4.36. The Hall–Kier alpha value is -1.00. The lowest BCUT2D eigenvalue weighted by atomic mass is 9.86. The van der Waals surface area contributed by atoms with Gasteiger partial charge < -0.3 is 10.0 Å². The molecule has 1 aromatic carbocycles. The summed E-state index contributed by atoms with van der Waals surface area (Å²) >= 11 is 1.94. The average molecular weight is 277 g/mol. The summed E-state index contributed by atoms with van der Waals surface area (Å²) in [7, 11) is 0. The zero-order valence-electron chi connectivity index (χ0n) is 11.1. The molecule has 0 aromatic heterocycles. The van der Waals surface area contributed by atoms with Gasteiger partial charge in [0.2, 0.25) is 0 Å². The summed E-state index contributed by atoms with van der Waals surface area (Å²) in [6.07, 6.45) is 0. The molecule has 2 aliphatic heterocycles. The van der Waals surface area contributed by atoms with Crippen LogP contribution in [-0.4, -0.2) is 41.4 Å². The first-order valence-electron chi connectivity index (χ1n) is 6.82. The van der Waals surface area contributed by atoms with E-state index in [4.69, 9.17) is 5.11 Å². The van der Waals surface area contributed by atoms with E-state index in [9.17, 15) is 4.79 Å². The maximum Gasteiger partial charge on any atom is 0.306 e. The number of thioether (sulfide) groups is 1. The first kappa shape index (κ1) is 13.0. The van der Waals surface area contributed by atoms with E-state index >= 15 is 0 Å². The number of carboxylic acids is 1. The maximum absolute atomic E-state index is 10.9. The van der Waals surface area contributed by atoms with Crippen molar-refractivity contribution in [3.63, 3.8) is 0 Å². The molecule has 1 fully saturated rings. The molecule has 0 spiro atoms. The number of fused-ring (bicyclic) bond motifs is 1. The molecular formula is C15H19NO2S. The number of carboxylic acid groups (broad SMARTS) is 1. The molecule has 0 radical (unpaired) electrons. The van der Waals surface area contributed by atoms with Crippen molar-refractivity contribution >= 4 is 17.7 Å². The van der Waals surface area contributed by atoms with E-state index in [1.54, 1.807) is 0 Å². The number of likely N-dealkylation sites (tertiary alicyclic amines) is 1. The number of nitrogens with zero attached hydrogens (tertiary/aromatic N) is 1. The van der Waals surface area contributed by atoms with Gasteiger partial charge in [0.15, 0.2) is 0 Å². The number of carbonyl (C=O) groups is 1. The molecule has 3 rings (SSSR count). The summed E-state index contributed by atoms with van der Waals surface area (Å²) in [5.41, 5.74) is 1.47. The highest BCUT2D eigenvalue weighted by atomic mass is 32.2. The second-order valence-corrected chi connectivity index (χ2v) is 6.71. The van der Waals surface area contributed by atoms with Gasteiger partial charge in [0.25, 0.3) is 0 Å². The summed E-state index contributed by atoms with van der Waals surface area (Å²) in [4.78, 5) is 14.7. The molecule has 2 unspecified atom stereocenters. The molecule has 0 amide bonds. The van der Waals surface area contributed by atoms with E-state index in [2.05, 4.69) is 29.2 Å². The molecule has 4 heteroatoms. The lowest BCUT2D eigenvalue weighted by molar-refractivity contribution is -0.145. The fourth-order valence-electron chi connectivity index (χ4n) is 2.97. The van der Waals surface area contributed by atoms with E-state index < -0.39 is 5.97 Å². The number of hydrogen-bond donors (Lipinski definition) is 1. The minimum atomic E-state index is -0.661. The van der Waals surface area contributed by atoms with Gasteiger partial charge in [-0.1, -0.05) is 25.1 Å². The van der Waals surface area contributed by atoms with Crippen molar-refractivity contribution in [2.24, 2.45) is 11.8 Å². The maximum atomic E-state index is 10.9. The highest BCUT2D eigenvalue weighted by Gasteiger charge is 2.36. The predicted molar refractivity (Wildman–Crippen MR) is 76.6 cm³/mol. The second kappa shape index (κ2) is 5.17. The molecular weight excluding hydrogens is 258 g/mol. The molecule has 1 saturated heterocycles. The van der Waals surface area contributed by atoms with Crippen LogP contribution in [0.3, 0.4) is 0 Å². The number of aliphatic carboxylic acids is 1. The monoisotopic (exact) mass is 277 g/mol. The van der Waals surface area contributed by atoms with E-state index in [-0.39, 0.29) is 5.92 Å². The van der Waals surface area contributed by atoms with Crippen LogP contribution in [0.2, 0.25) is 0 Å². The quantitative estimate of drug-likeness (QED) is 0.918. The van der Waals surface area contributed by atoms with Gasteiger partial charge in [0.05, 0.1) is 5.92 Å². The Balaban J connectivity index is 1.54. The van der Waals surface area contributed by atoms with Crippen molar-refractivity contribution in [1.82, 2.24) is 4.90 Å². The summed E-state index contributed by atoms with van der Waals surface area (Å²) in [5.74, 6) is 1.24. The lowest BCUT2D eigenvalue weighted by Crippen LogP contribution is -2.52. The minimum absolute atomic E-state index is 0.207. The minimum Gasteiger partial charge on any atom is -0.481 e. The number of hydrogen-bond acceptors (Lipinski definition) is 3. The Morgan fingerprint density at radius 1 is 1.47 bits per heavy atom. The highest BCUT2D eigenvalue weighted by Crippen LogP contribution is 2.40. The predicted octanol–water partition coefficient (Wildman–Crippen LogP) is 2.53. The molecule has 2 aliphatic rings. The zero-order chi connectivity index (χ0) is 13.4. The largest absolute Gasteiger partial charge is 0.481 e. The molecule has 1 aromatic rings. The zero-order valence-corrected chi connectivity index (χ0v) is 11.9. The van der Waals surface area contributed by atoms with Crippen LogP contribution in [0.4, 0.5) is 0 Å². The molecule has 0 aliphatic carbocycles. The van der Waals surface area contributed by atoms with Crippen LogP contribution in [0.15, 0.2) is 29.2 Å². The van der Waals surface area contributed by atoms with Gasteiger partial charge in [-0.25, -0.2) is 0 Å². The fraction of sp³-hybridized carbons (Fsp3) is 0.533. The summed E-state index contributed by atoms with van der Waals surface area (Å²) in [5, 5.41) is 9.00. The Bertz CT molecular complexity index is 485. The van der Waals surface area contributed by atoms with Crippen LogP contribution in [0, 0.1) is 11.8 Å². The molecule has 0 saturated carbocycles. The van der Waals surface area contributed by atoms with Gasteiger partial charge in [0.1, 0.15) is 0 Å². The third kappa shape index (κ3) is 2.51. The first-order valence-corrected chi connectivity index (χ1v) is 7.80. The molecule has 19 heavy (non-hydrogen) atoms. The summed E-state index contributed by atoms with van der Waals surface area (Å²) in [6.45, 7) is 4.78. The molecule has 102 valence electrons. The van der Waals surface area contributed by atoms with Crippen molar-refractivity contribution < 1.29 is 9.90 Å². The van der Waals surface area contributed by atoms with Crippen LogP contribution in [-0.2, 0) is 4.79 Å². The topological polar surface area (TPSA) is 40.5 Å². The Labute approximate surface area is 118 Å². The van der Waals surface area contributed by atoms with Crippen molar-refractivity contribution in [3.8, 4) is 0 Å². The van der Waals surface area contributed by atoms with E-state index in [1.165, 1.54) is 10.5 Å². The molecule has 2 atom stereocenters. The molecule has 0 bridgehead atoms. The van der Waals surface area contributed by atoms with Crippen LogP contribution in [0.1, 0.15) is 18.4 Å². The van der Waals surface area contributed by atoms with Gasteiger partial charge in [-0.05, 0) is 17.5 Å². The van der Waals surface area contributed by atoms with Crippen LogP contribution in [0.5, 0.6) is 0 Å². The van der Waals surface area contributed by atoms with Crippen LogP contribution >= 0.6 is 11.8 Å². The summed E-state index contributed by atoms with van der Waals surface area (Å²) in [6, 6.07) is 8.65. The number of benzene rings is 1. The van der Waals surface area contributed by atoms with Gasteiger partial charge in [0, 0.05) is 36.2 Å². The molecule has 1 N–H and O–H groups in total. The van der Waals surface area contributed by atoms with Crippen molar-refractivity contribution in [1.29, 1.82) is 0 Å². The Kier molecular flexibility index (Phi) is 3.54. The lowest BCUT2D eigenvalue weighted by Gasteiger charge is -2.42. The van der Waals surface area contributed by atoms with Gasteiger partial charge in [-0.15, -0.1) is 11.8 Å². The van der Waals surface area contributed by atoms with Crippen molar-refractivity contribution in [2.75, 3.05) is 25.4 Å². The Morgan fingerprint density at radius 2 is 2.21 bits per heavy atom. The van der Waals surface area contributed by atoms with Gasteiger partial charge in [-0.2, -0.15) is 0 Å². The second-order valence-electron chi connectivity index (χ2n) is 5.65. The SMILES string of the molecule is CC(C(=O)O)C1CN(CC2CSc3ccccc32)C1. The van der Waals surface area contributed by atoms with Crippen molar-refractivity contribution in [2.45, 2.75) is 17.7 Å². The molecule has 2 heterocycles. The van der Waals surface area contributed by atoms with E-state index in [1.807, 2.05) is 18.7 Å². The van der Waals surface area contributed by atoms with Crippen LogP contribution < -0.4 is 0 Å². The normalized spacial score (nSPS) is 24.8. The Morgan fingerprint density at radius 3 is 2.95 bits per heavy atom. The standard InChI is InChI=1S/C15H19NO2S/c1-10(15(17)18)11-6-16(7-11)8-12-9-19-14-5-3-2-4-13(12)14/h2-5,10-12H,6-9H2,1H3,(H,17,18). The highest BCUT2D eigenvalue weighted by molar-refractivity contribution is 7.99. The van der Waals surface area contributed by atoms with E-state index in [0.717, 1.165) is 25.4 Å². The smallest absolute Gasteiger partial charge is 0.306 e. The molecule has 3 nitrogen and oxygen atoms in total. The van der Waals surface area contributed by atoms with Gasteiger partial charge >= 0.3 is 5.97 Å². The number of rotatable bonds is 4. The third-order valence-corrected chi connectivity index (χ3v) is 5.61. The van der Waals surface area contributed by atoms with E-state index in [0.29, 0.717) is 11.8 Å². The fourth-order valence-corrected chi connectivity index (χ4v) is 4.21. The first-order chi connectivity index (χ1) is 9.15.